The lowest BCUT2D eigenvalue weighted by Crippen LogP contribution is -2.34. The predicted octanol–water partition coefficient (Wildman–Crippen LogP) is 2.56. The van der Waals surface area contributed by atoms with Crippen molar-refractivity contribution in [2.45, 2.75) is 37.6 Å². The molecular formula is C15H18F3N3O2. The molecule has 23 heavy (non-hydrogen) atoms. The molecule has 2 aliphatic rings. The van der Waals surface area contributed by atoms with Crippen LogP contribution in [0.1, 0.15) is 30.5 Å². The molecule has 1 atom stereocenters. The van der Waals surface area contributed by atoms with Gasteiger partial charge in [-0.05, 0) is 31.0 Å². The number of halogens is 3. The molecule has 0 unspecified atom stereocenters. The molecule has 0 aromatic carbocycles. The number of ether oxygens (including phenoxy) is 1. The third-order valence-corrected chi connectivity index (χ3v) is 4.38. The van der Waals surface area contributed by atoms with Crippen LogP contribution in [0.5, 0.6) is 0 Å². The molecule has 1 spiro atoms. The molecular weight excluding hydrogens is 311 g/mol. The van der Waals surface area contributed by atoms with Crippen molar-refractivity contribution >= 4 is 6.09 Å². The van der Waals surface area contributed by atoms with Crippen LogP contribution in [0.4, 0.5) is 18.0 Å². The first kappa shape index (κ1) is 16.0. The number of nitrogens with one attached hydrogen (secondary N) is 1. The van der Waals surface area contributed by atoms with Crippen LogP contribution >= 0.6 is 0 Å². The van der Waals surface area contributed by atoms with Crippen molar-refractivity contribution in [1.29, 1.82) is 0 Å². The van der Waals surface area contributed by atoms with Gasteiger partial charge in [-0.25, -0.2) is 4.79 Å². The summed E-state index contributed by atoms with van der Waals surface area (Å²) in [5.74, 6) is 0. The number of carbonyl (C=O) groups is 1. The topological polar surface area (TPSA) is 54.5 Å². The van der Waals surface area contributed by atoms with Gasteiger partial charge in [0.2, 0.25) is 0 Å². The minimum absolute atomic E-state index is 0.370. The van der Waals surface area contributed by atoms with E-state index in [4.69, 9.17) is 4.74 Å². The van der Waals surface area contributed by atoms with E-state index in [1.165, 1.54) is 12.3 Å². The minimum atomic E-state index is -4.41. The Labute approximate surface area is 131 Å². The Morgan fingerprint density at radius 3 is 2.74 bits per heavy atom. The van der Waals surface area contributed by atoms with E-state index >= 15 is 0 Å². The molecule has 3 heterocycles. The SMILES string of the molecule is O=C1NC[C@]2(CCCN(Cc3ccc(C(F)(F)F)nc3)CC2)O1. The third-order valence-electron chi connectivity index (χ3n) is 4.38. The second-order valence-corrected chi connectivity index (χ2v) is 6.11. The molecule has 3 rings (SSSR count). The molecule has 1 aromatic heterocycles. The second-order valence-electron chi connectivity index (χ2n) is 6.11. The predicted molar refractivity (Wildman–Crippen MR) is 75.6 cm³/mol. The minimum Gasteiger partial charge on any atom is -0.441 e. The Morgan fingerprint density at radius 1 is 1.30 bits per heavy atom. The summed E-state index contributed by atoms with van der Waals surface area (Å²) in [4.78, 5) is 16.9. The molecule has 2 saturated heterocycles. The first-order valence-corrected chi connectivity index (χ1v) is 7.58. The number of nitrogens with zero attached hydrogens (tertiary/aromatic N) is 2. The van der Waals surface area contributed by atoms with Gasteiger partial charge >= 0.3 is 12.3 Å². The van der Waals surface area contributed by atoms with Crippen molar-refractivity contribution in [3.05, 3.63) is 29.6 Å². The highest BCUT2D eigenvalue weighted by atomic mass is 19.4. The van der Waals surface area contributed by atoms with Crippen LogP contribution in [0.15, 0.2) is 18.3 Å². The quantitative estimate of drug-likeness (QED) is 0.906. The number of alkyl carbamates (subject to hydrolysis) is 1. The Morgan fingerprint density at radius 2 is 2.13 bits per heavy atom. The first-order valence-electron chi connectivity index (χ1n) is 7.58. The highest BCUT2D eigenvalue weighted by Gasteiger charge is 2.41. The number of hydrogen-bond acceptors (Lipinski definition) is 4. The lowest BCUT2D eigenvalue weighted by atomic mass is 9.95. The lowest BCUT2D eigenvalue weighted by Gasteiger charge is -2.25. The van der Waals surface area contributed by atoms with Crippen LogP contribution in [-0.2, 0) is 17.5 Å². The molecule has 0 saturated carbocycles. The van der Waals surface area contributed by atoms with Crippen molar-refractivity contribution in [2.75, 3.05) is 19.6 Å². The highest BCUT2D eigenvalue weighted by Crippen LogP contribution is 2.30. The molecule has 8 heteroatoms. The summed E-state index contributed by atoms with van der Waals surface area (Å²) in [6, 6.07) is 2.48. The molecule has 0 bridgehead atoms. The van der Waals surface area contributed by atoms with Gasteiger partial charge in [0, 0.05) is 25.7 Å². The molecule has 5 nitrogen and oxygen atoms in total. The van der Waals surface area contributed by atoms with Crippen LogP contribution in [0.2, 0.25) is 0 Å². The summed E-state index contributed by atoms with van der Waals surface area (Å²) in [5.41, 5.74) is -0.556. The van der Waals surface area contributed by atoms with Crippen LogP contribution in [0.25, 0.3) is 0 Å². The maximum Gasteiger partial charge on any atom is 0.433 e. The molecule has 126 valence electrons. The van der Waals surface area contributed by atoms with Gasteiger partial charge in [0.05, 0.1) is 6.54 Å². The van der Waals surface area contributed by atoms with Gasteiger partial charge in [0.1, 0.15) is 11.3 Å². The largest absolute Gasteiger partial charge is 0.441 e. The van der Waals surface area contributed by atoms with Crippen molar-refractivity contribution < 1.29 is 22.7 Å². The Kier molecular flexibility index (Phi) is 4.18. The third kappa shape index (κ3) is 3.74. The number of aromatic nitrogens is 1. The maximum absolute atomic E-state index is 12.5. The van der Waals surface area contributed by atoms with E-state index in [0.717, 1.165) is 44.0 Å². The van der Waals surface area contributed by atoms with E-state index < -0.39 is 17.5 Å². The fourth-order valence-electron chi connectivity index (χ4n) is 3.11. The van der Waals surface area contributed by atoms with Gasteiger partial charge in [-0.15, -0.1) is 0 Å². The van der Waals surface area contributed by atoms with Gasteiger partial charge in [-0.3, -0.25) is 9.88 Å². The van der Waals surface area contributed by atoms with Gasteiger partial charge in [0.25, 0.3) is 0 Å². The number of pyridine rings is 1. The molecule has 2 fully saturated rings. The highest BCUT2D eigenvalue weighted by molar-refractivity contribution is 5.70. The van der Waals surface area contributed by atoms with Crippen molar-refractivity contribution in [2.24, 2.45) is 0 Å². The average Bonchev–Trinajstić information content (AvgIpc) is 2.74. The zero-order chi connectivity index (χ0) is 16.5. The van der Waals surface area contributed by atoms with Crippen molar-refractivity contribution in [3.8, 4) is 0 Å². The van der Waals surface area contributed by atoms with E-state index in [2.05, 4.69) is 15.2 Å². The molecule has 1 amide bonds. The number of alkyl halides is 3. The monoisotopic (exact) mass is 329 g/mol. The number of carbonyl (C=O) groups excluding carboxylic acids is 1. The standard InChI is InChI=1S/C15H18F3N3O2/c16-15(17,18)12-3-2-11(8-19-12)9-21-6-1-4-14(5-7-21)10-20-13(22)23-14/h2-3,8H,1,4-7,9-10H2,(H,20,22)/t14-/m1/s1. The second kappa shape index (κ2) is 5.99. The van der Waals surface area contributed by atoms with Crippen molar-refractivity contribution in [1.82, 2.24) is 15.2 Å². The number of rotatable bonds is 2. The van der Waals surface area contributed by atoms with E-state index in [1.54, 1.807) is 0 Å². The summed E-state index contributed by atoms with van der Waals surface area (Å²) in [7, 11) is 0. The molecule has 1 aromatic rings. The zero-order valence-corrected chi connectivity index (χ0v) is 12.5. The maximum atomic E-state index is 12.5. The summed E-state index contributed by atoms with van der Waals surface area (Å²) >= 11 is 0. The normalized spacial score (nSPS) is 26.0. The van der Waals surface area contributed by atoms with Gasteiger partial charge in [-0.2, -0.15) is 13.2 Å². The van der Waals surface area contributed by atoms with E-state index in [9.17, 15) is 18.0 Å². The van der Waals surface area contributed by atoms with Crippen molar-refractivity contribution in [3.63, 3.8) is 0 Å². The summed E-state index contributed by atoms with van der Waals surface area (Å²) in [6.45, 7) is 2.63. The van der Waals surface area contributed by atoms with Crippen LogP contribution in [-0.4, -0.2) is 41.2 Å². The van der Waals surface area contributed by atoms with E-state index in [-0.39, 0.29) is 6.09 Å². The fourth-order valence-corrected chi connectivity index (χ4v) is 3.11. The average molecular weight is 329 g/mol. The summed E-state index contributed by atoms with van der Waals surface area (Å²) in [6.07, 6.45) is -1.10. The number of hydrogen-bond donors (Lipinski definition) is 1. The van der Waals surface area contributed by atoms with Crippen LogP contribution in [0, 0.1) is 0 Å². The van der Waals surface area contributed by atoms with E-state index in [0.29, 0.717) is 13.1 Å². The Bertz CT molecular complexity index is 576. The molecule has 2 aliphatic heterocycles. The number of likely N-dealkylation sites (tertiary alicyclic amines) is 1. The molecule has 1 N–H and O–H groups in total. The Hall–Kier alpha value is -1.83. The van der Waals surface area contributed by atoms with Crippen LogP contribution in [0.3, 0.4) is 0 Å². The Balaban J connectivity index is 1.59. The summed E-state index contributed by atoms with van der Waals surface area (Å²) < 4.78 is 42.9. The zero-order valence-electron chi connectivity index (χ0n) is 12.5. The lowest BCUT2D eigenvalue weighted by molar-refractivity contribution is -0.141. The van der Waals surface area contributed by atoms with Crippen LogP contribution < -0.4 is 5.32 Å². The summed E-state index contributed by atoms with van der Waals surface area (Å²) in [5, 5.41) is 2.70. The fraction of sp³-hybridized carbons (Fsp3) is 0.600. The number of amides is 1. The first-order chi connectivity index (χ1) is 10.9. The van der Waals surface area contributed by atoms with E-state index in [1.807, 2.05) is 0 Å². The van der Waals surface area contributed by atoms with Gasteiger partial charge in [-0.1, -0.05) is 6.07 Å². The smallest absolute Gasteiger partial charge is 0.433 e. The molecule has 0 radical (unpaired) electrons. The van der Waals surface area contributed by atoms with Gasteiger partial charge in [0.15, 0.2) is 0 Å². The molecule has 0 aliphatic carbocycles. The van der Waals surface area contributed by atoms with Gasteiger partial charge < -0.3 is 10.1 Å².